The molecular formula is C24H34N6O4S2. The summed E-state index contributed by atoms with van der Waals surface area (Å²) in [7, 11) is 0. The average molecular weight is 535 g/mol. The second-order valence-corrected chi connectivity index (χ2v) is 9.96. The maximum atomic E-state index is 13.3. The molecule has 1 aromatic carbocycles. The van der Waals surface area contributed by atoms with Crippen molar-refractivity contribution in [3.05, 3.63) is 11.1 Å². The predicted molar refractivity (Wildman–Crippen MR) is 146 cm³/mol. The van der Waals surface area contributed by atoms with Crippen LogP contribution < -0.4 is 10.0 Å². The smallest absolute Gasteiger partial charge is 0.341 e. The van der Waals surface area contributed by atoms with E-state index in [1.807, 2.05) is 44.6 Å². The predicted octanol–water partition coefficient (Wildman–Crippen LogP) is 4.61. The normalized spacial score (nSPS) is 11.6. The van der Waals surface area contributed by atoms with Crippen LogP contribution in [0.15, 0.2) is 0 Å². The molecule has 0 atom stereocenters. The fourth-order valence-electron chi connectivity index (χ4n) is 4.17. The first-order chi connectivity index (χ1) is 17.1. The summed E-state index contributed by atoms with van der Waals surface area (Å²) in [6.45, 7) is 17.3. The van der Waals surface area contributed by atoms with Gasteiger partial charge in [0.25, 0.3) is 0 Å². The van der Waals surface area contributed by atoms with E-state index in [0.29, 0.717) is 62.4 Å². The first-order valence-corrected chi connectivity index (χ1v) is 13.8. The lowest BCUT2D eigenvalue weighted by molar-refractivity contribution is -0.120. The molecule has 2 amide bonds. The molecule has 0 aliphatic rings. The highest BCUT2D eigenvalue weighted by molar-refractivity contribution is 7.25. The van der Waals surface area contributed by atoms with E-state index in [4.69, 9.17) is 14.7 Å². The van der Waals surface area contributed by atoms with Gasteiger partial charge < -0.3 is 4.74 Å². The van der Waals surface area contributed by atoms with Gasteiger partial charge in [0.2, 0.25) is 22.1 Å². The van der Waals surface area contributed by atoms with Crippen molar-refractivity contribution in [2.24, 2.45) is 0 Å². The standard InChI is InChI=1S/C24H34N6O4S2/c1-9-27(10-2)29(15(7)31)23-25-18-14(6)19-21(17(20(18)35-23)22(33)34-13-5)36-24(26-19)30(16(8)32)28(11-3)12-4/h9-13H2,1-8H3. The van der Waals surface area contributed by atoms with Crippen LogP contribution in [0, 0.1) is 6.92 Å². The summed E-state index contributed by atoms with van der Waals surface area (Å²) in [6.07, 6.45) is 0. The maximum Gasteiger partial charge on any atom is 0.341 e. The van der Waals surface area contributed by atoms with Crippen LogP contribution >= 0.6 is 22.7 Å². The van der Waals surface area contributed by atoms with Gasteiger partial charge in [-0.2, -0.15) is 0 Å². The van der Waals surface area contributed by atoms with E-state index in [9.17, 15) is 14.4 Å². The SMILES string of the molecule is CCOC(=O)c1c2sc(N(C(C)=O)N(CC)CC)nc2c(C)c2nc(N(C(C)=O)N(CC)CC)sc12. The van der Waals surface area contributed by atoms with E-state index in [2.05, 4.69) is 0 Å². The van der Waals surface area contributed by atoms with Crippen molar-refractivity contribution < 1.29 is 19.1 Å². The lowest BCUT2D eigenvalue weighted by atomic mass is 10.1. The Morgan fingerprint density at radius 1 is 0.750 bits per heavy atom. The quantitative estimate of drug-likeness (QED) is 0.275. The van der Waals surface area contributed by atoms with Gasteiger partial charge in [0.05, 0.1) is 32.6 Å². The van der Waals surface area contributed by atoms with Crippen molar-refractivity contribution in [3.8, 4) is 0 Å². The Morgan fingerprint density at radius 2 is 1.14 bits per heavy atom. The number of rotatable bonds is 10. The van der Waals surface area contributed by atoms with Gasteiger partial charge in [-0.3, -0.25) is 9.59 Å². The first kappa shape index (κ1) is 27.9. The molecule has 3 aromatic rings. The van der Waals surface area contributed by atoms with Crippen molar-refractivity contribution in [2.45, 2.75) is 55.4 Å². The number of anilines is 2. The molecule has 0 unspecified atom stereocenters. The van der Waals surface area contributed by atoms with Crippen molar-refractivity contribution in [1.29, 1.82) is 0 Å². The van der Waals surface area contributed by atoms with Crippen LogP contribution in [0.3, 0.4) is 0 Å². The Labute approximate surface area is 219 Å². The molecule has 2 aromatic heterocycles. The van der Waals surface area contributed by atoms with E-state index >= 15 is 0 Å². The number of aromatic nitrogens is 2. The number of hydrazine groups is 2. The number of esters is 1. The van der Waals surface area contributed by atoms with Crippen molar-refractivity contribution in [1.82, 2.24) is 20.0 Å². The number of hydrogen-bond donors (Lipinski definition) is 0. The lowest BCUT2D eigenvalue weighted by Gasteiger charge is -2.30. The number of carbonyl (C=O) groups excluding carboxylic acids is 3. The molecule has 2 heterocycles. The molecule has 0 bridgehead atoms. The fourth-order valence-corrected chi connectivity index (χ4v) is 6.70. The molecule has 196 valence electrons. The van der Waals surface area contributed by atoms with Crippen LogP contribution in [0.5, 0.6) is 0 Å². The zero-order valence-electron chi connectivity index (χ0n) is 22.2. The Hall–Kier alpha value is -2.67. The number of carbonyl (C=O) groups is 3. The zero-order chi connectivity index (χ0) is 26.7. The number of nitrogens with zero attached hydrogens (tertiary/aromatic N) is 6. The summed E-state index contributed by atoms with van der Waals surface area (Å²) in [5.74, 6) is -0.800. The highest BCUT2D eigenvalue weighted by Gasteiger charge is 2.30. The molecule has 36 heavy (non-hydrogen) atoms. The Kier molecular flexibility index (Phi) is 8.98. The minimum absolute atomic E-state index is 0.161. The maximum absolute atomic E-state index is 13.3. The van der Waals surface area contributed by atoms with E-state index in [-0.39, 0.29) is 18.4 Å². The van der Waals surface area contributed by atoms with Crippen molar-refractivity contribution >= 4 is 71.2 Å². The zero-order valence-corrected chi connectivity index (χ0v) is 23.8. The van der Waals surface area contributed by atoms with Crippen molar-refractivity contribution in [3.63, 3.8) is 0 Å². The lowest BCUT2D eigenvalue weighted by Crippen LogP contribution is -2.45. The molecule has 3 rings (SSSR count). The number of aryl methyl sites for hydroxylation is 1. The Balaban J connectivity index is 2.35. The molecule has 0 aliphatic heterocycles. The van der Waals surface area contributed by atoms with Crippen LogP contribution in [0.4, 0.5) is 10.3 Å². The van der Waals surface area contributed by atoms with E-state index in [1.54, 1.807) is 16.9 Å². The topological polar surface area (TPSA) is 99.2 Å². The minimum Gasteiger partial charge on any atom is -0.462 e. The number of benzene rings is 1. The summed E-state index contributed by atoms with van der Waals surface area (Å²) in [5, 5.41) is 7.88. The fraction of sp³-hybridized carbons (Fsp3) is 0.542. The molecular weight excluding hydrogens is 500 g/mol. The molecule has 0 fully saturated rings. The van der Waals surface area contributed by atoms with Gasteiger partial charge in [0, 0.05) is 45.6 Å². The molecule has 0 spiro atoms. The van der Waals surface area contributed by atoms with Crippen LogP contribution in [-0.2, 0) is 14.3 Å². The van der Waals surface area contributed by atoms with Crippen LogP contribution in [0.1, 0.15) is 64.4 Å². The third-order valence-corrected chi connectivity index (χ3v) is 7.96. The van der Waals surface area contributed by atoms with Gasteiger partial charge in [-0.05, 0) is 13.8 Å². The molecule has 0 radical (unpaired) electrons. The van der Waals surface area contributed by atoms with Gasteiger partial charge in [0.15, 0.2) is 0 Å². The number of amides is 2. The molecule has 0 aliphatic carbocycles. The third-order valence-electron chi connectivity index (χ3n) is 5.86. The molecule has 0 saturated heterocycles. The first-order valence-electron chi connectivity index (χ1n) is 12.2. The summed E-state index contributed by atoms with van der Waals surface area (Å²) >= 11 is 2.56. The summed E-state index contributed by atoms with van der Waals surface area (Å²) in [4.78, 5) is 48.0. The molecule has 0 N–H and O–H groups in total. The van der Waals surface area contributed by atoms with Gasteiger partial charge in [0.1, 0.15) is 0 Å². The van der Waals surface area contributed by atoms with E-state index in [1.165, 1.54) is 36.5 Å². The van der Waals surface area contributed by atoms with Gasteiger partial charge >= 0.3 is 5.97 Å². The van der Waals surface area contributed by atoms with Crippen molar-refractivity contribution in [2.75, 3.05) is 42.8 Å². The summed E-state index contributed by atoms with van der Waals surface area (Å²) in [6, 6.07) is 0. The second-order valence-electron chi connectivity index (χ2n) is 8.01. The molecule has 12 heteroatoms. The van der Waals surface area contributed by atoms with Gasteiger partial charge in [-0.1, -0.05) is 50.4 Å². The highest BCUT2D eigenvalue weighted by atomic mass is 32.1. The molecule has 10 nitrogen and oxygen atoms in total. The highest BCUT2D eigenvalue weighted by Crippen LogP contribution is 2.43. The van der Waals surface area contributed by atoms with E-state index in [0.717, 1.165) is 5.56 Å². The number of ether oxygens (including phenoxy) is 1. The minimum atomic E-state index is -0.479. The van der Waals surface area contributed by atoms with Crippen LogP contribution in [0.2, 0.25) is 0 Å². The van der Waals surface area contributed by atoms with Crippen LogP contribution in [0.25, 0.3) is 20.4 Å². The van der Waals surface area contributed by atoms with Gasteiger partial charge in [-0.15, -0.1) is 0 Å². The Bertz CT molecular complexity index is 1190. The Morgan fingerprint density at radius 3 is 1.44 bits per heavy atom. The number of fused-ring (bicyclic) bond motifs is 2. The average Bonchev–Trinajstić information content (AvgIpc) is 3.45. The van der Waals surface area contributed by atoms with E-state index < -0.39 is 5.97 Å². The third kappa shape index (κ3) is 4.95. The molecule has 0 saturated carbocycles. The number of hydrogen-bond acceptors (Lipinski definition) is 10. The summed E-state index contributed by atoms with van der Waals surface area (Å²) in [5.41, 5.74) is 2.34. The monoisotopic (exact) mass is 534 g/mol. The largest absolute Gasteiger partial charge is 0.462 e. The van der Waals surface area contributed by atoms with Crippen LogP contribution in [-0.4, -0.2) is 70.6 Å². The van der Waals surface area contributed by atoms with Gasteiger partial charge in [-0.25, -0.2) is 34.8 Å². The number of thiazole rings is 2. The second kappa shape index (κ2) is 11.6. The summed E-state index contributed by atoms with van der Waals surface area (Å²) < 4.78 is 6.71.